The molecule has 2 aromatic carbocycles. The second kappa shape index (κ2) is 12.4. The lowest BCUT2D eigenvalue weighted by Crippen LogP contribution is -2.47. The first-order valence-corrected chi connectivity index (χ1v) is 11.7. The van der Waals surface area contributed by atoms with Gasteiger partial charge in [0.2, 0.25) is 0 Å². The molecule has 9 nitrogen and oxygen atoms in total. The van der Waals surface area contributed by atoms with E-state index in [0.29, 0.717) is 25.1 Å². The zero-order valence-electron chi connectivity index (χ0n) is 20.7. The summed E-state index contributed by atoms with van der Waals surface area (Å²) in [7, 11) is 4.11. The fourth-order valence-electron chi connectivity index (χ4n) is 4.17. The lowest BCUT2D eigenvalue weighted by molar-refractivity contribution is -0.139. The van der Waals surface area contributed by atoms with Crippen LogP contribution in [0.3, 0.4) is 0 Å². The smallest absolute Gasteiger partial charge is 0.338 e. The van der Waals surface area contributed by atoms with Crippen LogP contribution in [0.1, 0.15) is 19.3 Å². The molecular formula is C27H32N4O5. The van der Waals surface area contributed by atoms with Crippen LogP contribution in [0.5, 0.6) is 0 Å². The molecule has 1 atom stereocenters. The van der Waals surface area contributed by atoms with Crippen molar-refractivity contribution >= 4 is 29.3 Å². The molecule has 9 heteroatoms. The van der Waals surface area contributed by atoms with Crippen LogP contribution >= 0.6 is 0 Å². The molecule has 0 radical (unpaired) electrons. The second-order valence-corrected chi connectivity index (χ2v) is 8.28. The Morgan fingerprint density at radius 3 is 2.08 bits per heavy atom. The molecule has 190 valence electrons. The molecule has 0 saturated heterocycles. The number of amides is 2. The molecule has 0 aliphatic heterocycles. The van der Waals surface area contributed by atoms with E-state index in [2.05, 4.69) is 21.3 Å². The van der Waals surface area contributed by atoms with Crippen LogP contribution in [0.25, 0.3) is 0 Å². The molecule has 3 rings (SSSR count). The predicted molar refractivity (Wildman–Crippen MR) is 138 cm³/mol. The number of rotatable bonds is 10. The zero-order chi connectivity index (χ0) is 26.0. The highest BCUT2D eigenvalue weighted by molar-refractivity contribution is 6.03. The molecule has 0 saturated carbocycles. The Kier molecular flexibility index (Phi) is 9.10. The topological polar surface area (TPSA) is 118 Å². The van der Waals surface area contributed by atoms with Crippen molar-refractivity contribution in [3.8, 4) is 0 Å². The number of anilines is 2. The molecule has 1 aliphatic rings. The van der Waals surface area contributed by atoms with Crippen molar-refractivity contribution in [3.63, 3.8) is 0 Å². The predicted octanol–water partition coefficient (Wildman–Crippen LogP) is 3.59. The average molecular weight is 493 g/mol. The third-order valence-electron chi connectivity index (χ3n) is 5.95. The Morgan fingerprint density at radius 2 is 1.50 bits per heavy atom. The summed E-state index contributed by atoms with van der Waals surface area (Å²) in [6.07, 6.45) is 2.91. The highest BCUT2D eigenvalue weighted by atomic mass is 16.5. The van der Waals surface area contributed by atoms with E-state index in [0.717, 1.165) is 11.4 Å². The maximum absolute atomic E-state index is 12.8. The molecule has 0 aromatic heterocycles. The highest BCUT2D eigenvalue weighted by Gasteiger charge is 2.42. The first-order chi connectivity index (χ1) is 17.4. The van der Waals surface area contributed by atoms with Crippen molar-refractivity contribution in [3.05, 3.63) is 83.6 Å². The van der Waals surface area contributed by atoms with Crippen LogP contribution in [0.4, 0.5) is 16.2 Å². The first-order valence-electron chi connectivity index (χ1n) is 11.7. The highest BCUT2D eigenvalue weighted by Crippen LogP contribution is 2.40. The third-order valence-corrected chi connectivity index (χ3v) is 5.95. The van der Waals surface area contributed by atoms with E-state index in [1.807, 2.05) is 60.7 Å². The molecule has 36 heavy (non-hydrogen) atoms. The van der Waals surface area contributed by atoms with E-state index in [4.69, 9.17) is 9.47 Å². The number of urea groups is 1. The number of benzene rings is 2. The maximum atomic E-state index is 12.8. The number of methoxy groups -OCH3 is 2. The molecule has 0 fully saturated rings. The number of hydrogen-bond donors (Lipinski definition) is 4. The van der Waals surface area contributed by atoms with Crippen molar-refractivity contribution < 1.29 is 23.9 Å². The van der Waals surface area contributed by atoms with Crippen LogP contribution in [-0.2, 0) is 19.1 Å². The number of nitrogens with one attached hydrogen (secondary N) is 4. The number of para-hydroxylation sites is 2. The Balaban J connectivity index is 2.10. The van der Waals surface area contributed by atoms with Crippen molar-refractivity contribution in [2.45, 2.75) is 24.8 Å². The standard InChI is InChI=1S/C27H32N4O5/c1-28-26(34)29-16-10-15-27(31-20-13-8-5-9-14-20)18-22(25(33)36-3)21(24(32)35-2)17-23(27)30-19-11-6-4-7-12-19/h4-9,11-14,17,30-31H,10,15-16,18H2,1-3H3,(H2,28,29,34). The molecule has 0 bridgehead atoms. The van der Waals surface area contributed by atoms with E-state index in [1.165, 1.54) is 14.2 Å². The summed E-state index contributed by atoms with van der Waals surface area (Å²) in [6, 6.07) is 18.9. The summed E-state index contributed by atoms with van der Waals surface area (Å²) in [5, 5.41) is 12.4. The van der Waals surface area contributed by atoms with Crippen LogP contribution in [-0.4, -0.2) is 51.3 Å². The lowest BCUT2D eigenvalue weighted by Gasteiger charge is -2.41. The third kappa shape index (κ3) is 6.44. The van der Waals surface area contributed by atoms with E-state index in [1.54, 1.807) is 13.1 Å². The van der Waals surface area contributed by atoms with Crippen molar-refractivity contribution in [1.29, 1.82) is 0 Å². The maximum Gasteiger partial charge on any atom is 0.338 e. The van der Waals surface area contributed by atoms with Gasteiger partial charge in [0, 0.05) is 37.1 Å². The van der Waals surface area contributed by atoms with Gasteiger partial charge in [-0.15, -0.1) is 0 Å². The van der Waals surface area contributed by atoms with Gasteiger partial charge in [-0.3, -0.25) is 0 Å². The summed E-state index contributed by atoms with van der Waals surface area (Å²) in [5.74, 6) is -1.23. The van der Waals surface area contributed by atoms with Crippen molar-refractivity contribution in [2.75, 3.05) is 38.4 Å². The van der Waals surface area contributed by atoms with Crippen molar-refractivity contribution in [1.82, 2.24) is 10.6 Å². The molecule has 2 aromatic rings. The van der Waals surface area contributed by atoms with Gasteiger partial charge in [0.15, 0.2) is 0 Å². The minimum Gasteiger partial charge on any atom is -0.466 e. The van der Waals surface area contributed by atoms with E-state index in [9.17, 15) is 14.4 Å². The van der Waals surface area contributed by atoms with E-state index >= 15 is 0 Å². The summed E-state index contributed by atoms with van der Waals surface area (Å²) in [4.78, 5) is 37.2. The number of carbonyl (C=O) groups excluding carboxylic acids is 3. The largest absolute Gasteiger partial charge is 0.466 e. The van der Waals surface area contributed by atoms with Gasteiger partial charge in [0.05, 0.1) is 30.9 Å². The molecule has 0 spiro atoms. The summed E-state index contributed by atoms with van der Waals surface area (Å²) in [5.41, 5.74) is 1.86. The van der Waals surface area contributed by atoms with Crippen LogP contribution in [0.15, 0.2) is 83.6 Å². The van der Waals surface area contributed by atoms with Gasteiger partial charge < -0.3 is 30.7 Å². The van der Waals surface area contributed by atoms with E-state index < -0.39 is 17.5 Å². The van der Waals surface area contributed by atoms with Crippen molar-refractivity contribution in [2.24, 2.45) is 0 Å². The number of hydrogen-bond acceptors (Lipinski definition) is 7. The first kappa shape index (κ1) is 26.3. The second-order valence-electron chi connectivity index (χ2n) is 8.28. The SMILES string of the molecule is CNC(=O)NCCCC1(Nc2ccccc2)CC(C(=O)OC)=C(C(=O)OC)C=C1Nc1ccccc1. The van der Waals surface area contributed by atoms with Gasteiger partial charge in [0.1, 0.15) is 0 Å². The average Bonchev–Trinajstić information content (AvgIpc) is 2.92. The van der Waals surface area contributed by atoms with Gasteiger partial charge in [-0.05, 0) is 43.2 Å². The molecule has 4 N–H and O–H groups in total. The summed E-state index contributed by atoms with van der Waals surface area (Å²) in [6.45, 7) is 0.414. The number of carbonyl (C=O) groups is 3. The quantitative estimate of drug-likeness (QED) is 0.296. The summed E-state index contributed by atoms with van der Waals surface area (Å²) >= 11 is 0. The molecule has 1 aliphatic carbocycles. The molecule has 1 unspecified atom stereocenters. The zero-order valence-corrected chi connectivity index (χ0v) is 20.7. The van der Waals surface area contributed by atoms with E-state index in [-0.39, 0.29) is 23.6 Å². The fraction of sp³-hybridized carbons (Fsp3) is 0.296. The Hall–Kier alpha value is -4.27. The molecular weight excluding hydrogens is 460 g/mol. The minimum absolute atomic E-state index is 0.136. The monoisotopic (exact) mass is 492 g/mol. The number of esters is 2. The fourth-order valence-corrected chi connectivity index (χ4v) is 4.17. The Morgan fingerprint density at radius 1 is 0.889 bits per heavy atom. The van der Waals surface area contributed by atoms with Gasteiger partial charge >= 0.3 is 18.0 Å². The summed E-state index contributed by atoms with van der Waals surface area (Å²) < 4.78 is 10.0. The molecule has 2 amide bonds. The van der Waals surface area contributed by atoms with Gasteiger partial charge in [-0.2, -0.15) is 0 Å². The van der Waals surface area contributed by atoms with Crippen LogP contribution < -0.4 is 21.3 Å². The Labute approximate surface area is 210 Å². The van der Waals surface area contributed by atoms with Crippen LogP contribution in [0.2, 0.25) is 0 Å². The van der Waals surface area contributed by atoms with Gasteiger partial charge in [0.25, 0.3) is 0 Å². The van der Waals surface area contributed by atoms with Crippen LogP contribution in [0, 0.1) is 0 Å². The normalized spacial score (nSPS) is 16.9. The van der Waals surface area contributed by atoms with Gasteiger partial charge in [-0.1, -0.05) is 36.4 Å². The molecule has 0 heterocycles. The number of ether oxygens (including phenoxy) is 2. The Bertz CT molecular complexity index is 1130. The van der Waals surface area contributed by atoms with Gasteiger partial charge in [-0.25, -0.2) is 14.4 Å². The minimum atomic E-state index is -0.831. The lowest BCUT2D eigenvalue weighted by atomic mass is 9.76.